The smallest absolute Gasteiger partial charge is 0.416 e. The number of hydrogen-bond acceptors (Lipinski definition) is 4. The molecule has 2 aromatic rings. The van der Waals surface area contributed by atoms with Gasteiger partial charge in [-0.3, -0.25) is 4.79 Å². The first-order valence-corrected chi connectivity index (χ1v) is 8.56. The van der Waals surface area contributed by atoms with Crippen molar-refractivity contribution in [3.8, 4) is 23.3 Å². The molecule has 0 bridgehead atoms. The fraction of sp³-hybridized carbons (Fsp3) is 0.263. The van der Waals surface area contributed by atoms with Crippen molar-refractivity contribution >= 4 is 17.5 Å². The van der Waals surface area contributed by atoms with Gasteiger partial charge >= 0.3 is 6.18 Å². The second kappa shape index (κ2) is 8.85. The van der Waals surface area contributed by atoms with Crippen molar-refractivity contribution < 1.29 is 27.4 Å². The van der Waals surface area contributed by atoms with Crippen LogP contribution in [0.5, 0.6) is 17.2 Å². The zero-order chi connectivity index (χ0) is 20.9. The van der Waals surface area contributed by atoms with Gasteiger partial charge in [0, 0.05) is 12.6 Å². The van der Waals surface area contributed by atoms with Gasteiger partial charge in [0.15, 0.2) is 6.10 Å². The summed E-state index contributed by atoms with van der Waals surface area (Å²) in [6, 6.07) is 8.85. The van der Waals surface area contributed by atoms with Crippen LogP contribution >= 0.6 is 11.6 Å². The number of benzene rings is 2. The minimum absolute atomic E-state index is 0.00194. The Morgan fingerprint density at radius 2 is 1.96 bits per heavy atom. The van der Waals surface area contributed by atoms with Crippen LogP contribution in [0.15, 0.2) is 36.4 Å². The molecule has 0 aliphatic rings. The van der Waals surface area contributed by atoms with Crippen LogP contribution in [0, 0.1) is 11.3 Å². The zero-order valence-corrected chi connectivity index (χ0v) is 15.7. The monoisotopic (exact) mass is 412 g/mol. The molecule has 28 heavy (non-hydrogen) atoms. The van der Waals surface area contributed by atoms with Crippen molar-refractivity contribution in [1.82, 2.24) is 5.32 Å². The third-order valence-corrected chi connectivity index (χ3v) is 3.88. The molecule has 1 unspecified atom stereocenters. The fourth-order valence-electron chi connectivity index (χ4n) is 2.20. The highest BCUT2D eigenvalue weighted by Gasteiger charge is 2.31. The number of amides is 1. The first-order valence-electron chi connectivity index (χ1n) is 8.18. The number of halogens is 4. The van der Waals surface area contributed by atoms with Crippen LogP contribution in [0.2, 0.25) is 5.02 Å². The molecule has 0 aliphatic heterocycles. The Kier molecular flexibility index (Phi) is 6.75. The summed E-state index contributed by atoms with van der Waals surface area (Å²) in [5.41, 5.74) is -0.730. The molecule has 0 saturated heterocycles. The predicted molar refractivity (Wildman–Crippen MR) is 96.5 cm³/mol. The van der Waals surface area contributed by atoms with Gasteiger partial charge in [0.05, 0.1) is 16.1 Å². The zero-order valence-electron chi connectivity index (χ0n) is 14.9. The number of likely N-dealkylation sites (N-methyl/N-ethyl adjacent to an activating group) is 1. The lowest BCUT2D eigenvalue weighted by molar-refractivity contribution is -0.137. The Morgan fingerprint density at radius 1 is 1.25 bits per heavy atom. The van der Waals surface area contributed by atoms with Gasteiger partial charge in [-0.15, -0.1) is 0 Å². The van der Waals surface area contributed by atoms with E-state index in [0.717, 1.165) is 18.2 Å². The summed E-state index contributed by atoms with van der Waals surface area (Å²) in [7, 11) is 0. The minimum Gasteiger partial charge on any atom is -0.479 e. The van der Waals surface area contributed by atoms with E-state index in [-0.39, 0.29) is 33.7 Å². The lowest BCUT2D eigenvalue weighted by Crippen LogP contribution is -2.36. The molecule has 0 saturated carbocycles. The highest BCUT2D eigenvalue weighted by atomic mass is 35.5. The van der Waals surface area contributed by atoms with E-state index in [1.807, 2.05) is 6.07 Å². The highest BCUT2D eigenvalue weighted by Crippen LogP contribution is 2.37. The largest absolute Gasteiger partial charge is 0.479 e. The van der Waals surface area contributed by atoms with Gasteiger partial charge < -0.3 is 14.8 Å². The average Bonchev–Trinajstić information content (AvgIpc) is 2.63. The predicted octanol–water partition coefficient (Wildman–Crippen LogP) is 4.93. The molecule has 2 aromatic carbocycles. The van der Waals surface area contributed by atoms with Gasteiger partial charge in [0.25, 0.3) is 5.91 Å². The van der Waals surface area contributed by atoms with Gasteiger partial charge in [-0.2, -0.15) is 18.4 Å². The maximum atomic E-state index is 12.7. The Balaban J connectivity index is 2.26. The van der Waals surface area contributed by atoms with E-state index < -0.39 is 17.8 Å². The summed E-state index contributed by atoms with van der Waals surface area (Å²) < 4.78 is 49.2. The van der Waals surface area contributed by atoms with Crippen molar-refractivity contribution in [2.45, 2.75) is 26.1 Å². The van der Waals surface area contributed by atoms with Crippen LogP contribution in [0.4, 0.5) is 13.2 Å². The molecule has 0 fully saturated rings. The molecule has 1 amide bonds. The second-order valence-electron chi connectivity index (χ2n) is 5.67. The summed E-state index contributed by atoms with van der Waals surface area (Å²) in [5.74, 6) is -0.0776. The van der Waals surface area contributed by atoms with Gasteiger partial charge in [-0.1, -0.05) is 11.6 Å². The topological polar surface area (TPSA) is 71.3 Å². The van der Waals surface area contributed by atoms with Gasteiger partial charge in [0.2, 0.25) is 0 Å². The summed E-state index contributed by atoms with van der Waals surface area (Å²) in [4.78, 5) is 11.8. The summed E-state index contributed by atoms with van der Waals surface area (Å²) in [6.07, 6.45) is -5.38. The Bertz CT molecular complexity index is 910. The maximum absolute atomic E-state index is 12.7. The fourth-order valence-corrected chi connectivity index (χ4v) is 2.42. The first kappa shape index (κ1) is 21.4. The molecule has 0 aliphatic carbocycles. The van der Waals surface area contributed by atoms with Crippen molar-refractivity contribution in [1.29, 1.82) is 5.26 Å². The normalized spacial score (nSPS) is 12.0. The number of rotatable bonds is 6. The first-order chi connectivity index (χ1) is 13.2. The molecular formula is C19H16ClF3N2O3. The summed E-state index contributed by atoms with van der Waals surface area (Å²) in [6.45, 7) is 3.70. The number of alkyl halides is 3. The van der Waals surface area contributed by atoms with Crippen LogP contribution in [0.1, 0.15) is 25.0 Å². The Labute approximate surface area is 164 Å². The number of nitriles is 1. The third-order valence-electron chi connectivity index (χ3n) is 3.58. The third kappa shape index (κ3) is 5.30. The molecule has 1 atom stereocenters. The highest BCUT2D eigenvalue weighted by molar-refractivity contribution is 6.32. The summed E-state index contributed by atoms with van der Waals surface area (Å²) in [5, 5.41) is 11.6. The summed E-state index contributed by atoms with van der Waals surface area (Å²) >= 11 is 5.88. The van der Waals surface area contributed by atoms with E-state index in [1.165, 1.54) is 25.1 Å². The van der Waals surface area contributed by atoms with Crippen LogP contribution in [0.25, 0.3) is 0 Å². The molecule has 0 aromatic heterocycles. The quantitative estimate of drug-likeness (QED) is 0.730. The van der Waals surface area contributed by atoms with E-state index in [9.17, 15) is 23.2 Å². The van der Waals surface area contributed by atoms with E-state index in [2.05, 4.69) is 5.32 Å². The molecule has 2 rings (SSSR count). The minimum atomic E-state index is -4.52. The molecule has 9 heteroatoms. The second-order valence-corrected chi connectivity index (χ2v) is 6.08. The molecule has 0 spiro atoms. The standard InChI is InChI=1S/C19H16ClF3N2O3/c1-3-25-18(26)11(2)27-17-9-14(6-4-12(17)10-24)28-16-7-5-13(8-15(16)20)19(21,22)23/h4-9,11H,3H2,1-2H3,(H,25,26). The lowest BCUT2D eigenvalue weighted by Gasteiger charge is -2.16. The van der Waals surface area contributed by atoms with E-state index in [1.54, 1.807) is 6.92 Å². The van der Waals surface area contributed by atoms with Crippen molar-refractivity contribution in [2.75, 3.05) is 6.54 Å². The Hall–Kier alpha value is -2.92. The average molecular weight is 413 g/mol. The maximum Gasteiger partial charge on any atom is 0.416 e. The lowest BCUT2D eigenvalue weighted by atomic mass is 10.2. The number of carbonyl (C=O) groups excluding carboxylic acids is 1. The number of nitrogens with zero attached hydrogens (tertiary/aromatic N) is 1. The molecule has 1 N–H and O–H groups in total. The number of carbonyl (C=O) groups is 1. The van der Waals surface area contributed by atoms with Crippen molar-refractivity contribution in [2.24, 2.45) is 0 Å². The van der Waals surface area contributed by atoms with Crippen LogP contribution in [0.3, 0.4) is 0 Å². The van der Waals surface area contributed by atoms with Gasteiger partial charge in [-0.25, -0.2) is 0 Å². The van der Waals surface area contributed by atoms with Crippen molar-refractivity contribution in [3.63, 3.8) is 0 Å². The number of hydrogen-bond donors (Lipinski definition) is 1. The van der Waals surface area contributed by atoms with Gasteiger partial charge in [-0.05, 0) is 44.2 Å². The van der Waals surface area contributed by atoms with Gasteiger partial charge in [0.1, 0.15) is 23.3 Å². The number of nitrogens with one attached hydrogen (secondary N) is 1. The number of ether oxygens (including phenoxy) is 2. The SMILES string of the molecule is CCNC(=O)C(C)Oc1cc(Oc2ccc(C(F)(F)F)cc2Cl)ccc1C#N. The molecule has 148 valence electrons. The van der Waals surface area contributed by atoms with Crippen LogP contribution in [-0.4, -0.2) is 18.6 Å². The van der Waals surface area contributed by atoms with Crippen LogP contribution in [-0.2, 0) is 11.0 Å². The van der Waals surface area contributed by atoms with E-state index in [0.29, 0.717) is 6.54 Å². The molecular weight excluding hydrogens is 397 g/mol. The van der Waals surface area contributed by atoms with Crippen LogP contribution < -0.4 is 14.8 Å². The molecule has 0 heterocycles. The van der Waals surface area contributed by atoms with E-state index in [4.69, 9.17) is 21.1 Å². The van der Waals surface area contributed by atoms with Crippen molar-refractivity contribution in [3.05, 3.63) is 52.5 Å². The molecule has 5 nitrogen and oxygen atoms in total. The Morgan fingerprint density at radius 3 is 2.54 bits per heavy atom. The van der Waals surface area contributed by atoms with E-state index >= 15 is 0 Å². The molecule has 0 radical (unpaired) electrons.